The lowest BCUT2D eigenvalue weighted by atomic mass is 9.99. The minimum atomic E-state index is -1.52. The van der Waals surface area contributed by atoms with Crippen LogP contribution in [-0.4, -0.2) is 43.4 Å². The van der Waals surface area contributed by atoms with Gasteiger partial charge in [0.25, 0.3) is 0 Å². The summed E-state index contributed by atoms with van der Waals surface area (Å²) >= 11 is 0. The van der Waals surface area contributed by atoms with Gasteiger partial charge in [0.2, 0.25) is 0 Å². The van der Waals surface area contributed by atoms with Crippen LogP contribution in [0.25, 0.3) is 0 Å². The van der Waals surface area contributed by atoms with Gasteiger partial charge in [0, 0.05) is 14.2 Å². The summed E-state index contributed by atoms with van der Waals surface area (Å²) in [5.41, 5.74) is -1.52. The molecule has 1 N–H and O–H groups in total. The quantitative estimate of drug-likeness (QED) is 0.624. The van der Waals surface area contributed by atoms with Gasteiger partial charge in [0.1, 0.15) is 6.10 Å². The van der Waals surface area contributed by atoms with Gasteiger partial charge in [-0.25, -0.2) is 0 Å². The van der Waals surface area contributed by atoms with Crippen molar-refractivity contribution in [3.63, 3.8) is 0 Å². The maximum atomic E-state index is 11.2. The molecule has 2 atom stereocenters. The van der Waals surface area contributed by atoms with Crippen LogP contribution in [0, 0.1) is 0 Å². The first-order chi connectivity index (χ1) is 5.65. The summed E-state index contributed by atoms with van der Waals surface area (Å²) in [6.45, 7) is -0.0443. The highest BCUT2D eigenvalue weighted by Gasteiger charge is 2.45. The highest BCUT2D eigenvalue weighted by molar-refractivity contribution is 6.00. The molecular weight excluding hydrogens is 160 g/mol. The first-order valence-electron chi connectivity index (χ1n) is 3.62. The molecular formula is C8H12O4. The Hall–Kier alpha value is -0.710. The second-order valence-corrected chi connectivity index (χ2v) is 2.74. The van der Waals surface area contributed by atoms with Gasteiger partial charge >= 0.3 is 0 Å². The zero-order valence-corrected chi connectivity index (χ0v) is 7.11. The van der Waals surface area contributed by atoms with Gasteiger partial charge in [-0.1, -0.05) is 0 Å². The van der Waals surface area contributed by atoms with Crippen molar-refractivity contribution >= 4 is 5.78 Å². The summed E-state index contributed by atoms with van der Waals surface area (Å²) in [6.07, 6.45) is 2.25. The van der Waals surface area contributed by atoms with Crippen molar-refractivity contribution in [3.05, 3.63) is 12.2 Å². The molecule has 1 aliphatic carbocycles. The van der Waals surface area contributed by atoms with E-state index in [0.717, 1.165) is 0 Å². The highest BCUT2D eigenvalue weighted by Crippen LogP contribution is 2.23. The van der Waals surface area contributed by atoms with E-state index in [9.17, 15) is 9.90 Å². The molecule has 12 heavy (non-hydrogen) atoms. The second-order valence-electron chi connectivity index (χ2n) is 2.74. The Kier molecular flexibility index (Phi) is 2.62. The zero-order valence-electron chi connectivity index (χ0n) is 7.11. The van der Waals surface area contributed by atoms with E-state index in [4.69, 9.17) is 9.47 Å². The summed E-state index contributed by atoms with van der Waals surface area (Å²) in [7, 11) is 2.87. The summed E-state index contributed by atoms with van der Waals surface area (Å²) < 4.78 is 9.65. The van der Waals surface area contributed by atoms with Crippen LogP contribution in [0.2, 0.25) is 0 Å². The fraction of sp³-hybridized carbons (Fsp3) is 0.625. The first-order valence-corrected chi connectivity index (χ1v) is 3.62. The molecule has 0 aromatic heterocycles. The third-order valence-electron chi connectivity index (χ3n) is 1.94. The molecule has 0 spiro atoms. The number of carbonyl (C=O) groups excluding carboxylic acids is 1. The van der Waals surface area contributed by atoms with E-state index >= 15 is 0 Å². The lowest BCUT2D eigenvalue weighted by molar-refractivity contribution is -0.149. The maximum absolute atomic E-state index is 11.2. The van der Waals surface area contributed by atoms with Gasteiger partial charge in [-0.15, -0.1) is 0 Å². The largest absolute Gasteiger partial charge is 0.381 e. The molecule has 0 saturated carbocycles. The summed E-state index contributed by atoms with van der Waals surface area (Å²) in [5.74, 6) is -0.365. The molecule has 0 aromatic carbocycles. The van der Waals surface area contributed by atoms with E-state index in [2.05, 4.69) is 0 Å². The average molecular weight is 172 g/mol. The third kappa shape index (κ3) is 1.29. The van der Waals surface area contributed by atoms with Gasteiger partial charge in [0.05, 0.1) is 6.61 Å². The van der Waals surface area contributed by atoms with Gasteiger partial charge in [-0.2, -0.15) is 0 Å². The smallest absolute Gasteiger partial charge is 0.192 e. The molecule has 0 bridgehead atoms. The van der Waals surface area contributed by atoms with Gasteiger partial charge in [0.15, 0.2) is 11.4 Å². The number of ether oxygens (including phenoxy) is 2. The van der Waals surface area contributed by atoms with Crippen LogP contribution in [0.1, 0.15) is 0 Å². The van der Waals surface area contributed by atoms with Crippen LogP contribution in [0.15, 0.2) is 12.2 Å². The van der Waals surface area contributed by atoms with E-state index in [1.807, 2.05) is 0 Å². The number of methoxy groups -OCH3 is 2. The number of hydrogen-bond donors (Lipinski definition) is 1. The lowest BCUT2D eigenvalue weighted by Gasteiger charge is -2.26. The topological polar surface area (TPSA) is 55.8 Å². The van der Waals surface area contributed by atoms with Crippen molar-refractivity contribution < 1.29 is 19.4 Å². The van der Waals surface area contributed by atoms with E-state index < -0.39 is 11.7 Å². The average Bonchev–Trinajstić information content (AvgIpc) is 2.30. The summed E-state index contributed by atoms with van der Waals surface area (Å²) in [6, 6.07) is 0. The Morgan fingerprint density at radius 1 is 1.67 bits per heavy atom. The summed E-state index contributed by atoms with van der Waals surface area (Å²) in [5, 5.41) is 9.76. The van der Waals surface area contributed by atoms with Crippen molar-refractivity contribution in [1.29, 1.82) is 0 Å². The normalized spacial score (nSPS) is 34.6. The van der Waals surface area contributed by atoms with Crippen LogP contribution in [0.3, 0.4) is 0 Å². The minimum absolute atomic E-state index is 0.0443. The summed E-state index contributed by atoms with van der Waals surface area (Å²) in [4.78, 5) is 11.2. The van der Waals surface area contributed by atoms with Crippen molar-refractivity contribution in [3.8, 4) is 0 Å². The van der Waals surface area contributed by atoms with Gasteiger partial charge in [-0.05, 0) is 12.2 Å². The molecule has 0 heterocycles. The Morgan fingerprint density at radius 2 is 2.33 bits per heavy atom. The van der Waals surface area contributed by atoms with E-state index in [-0.39, 0.29) is 12.4 Å². The van der Waals surface area contributed by atoms with Crippen LogP contribution in [0.4, 0.5) is 0 Å². The van der Waals surface area contributed by atoms with Crippen molar-refractivity contribution in [2.45, 2.75) is 11.7 Å². The predicted molar refractivity (Wildman–Crippen MR) is 41.8 cm³/mol. The Bertz CT molecular complexity index is 211. The van der Waals surface area contributed by atoms with E-state index in [1.54, 1.807) is 0 Å². The highest BCUT2D eigenvalue weighted by atomic mass is 16.5. The standard InChI is InChI=1S/C8H12O4/c1-11-5-8(10)6(9)3-4-7(8)12-2/h3-4,7,10H,5H2,1-2H3/t7-,8-/m0/s1. The van der Waals surface area contributed by atoms with Crippen molar-refractivity contribution in [2.24, 2.45) is 0 Å². The molecule has 4 nitrogen and oxygen atoms in total. The SMILES string of the molecule is COC[C@]1(O)C(=O)C=C[C@@H]1OC. The first kappa shape index (κ1) is 9.38. The minimum Gasteiger partial charge on any atom is -0.381 e. The molecule has 4 heteroatoms. The van der Waals surface area contributed by atoms with Crippen LogP contribution >= 0.6 is 0 Å². The number of aliphatic hydroxyl groups is 1. The molecule has 0 unspecified atom stereocenters. The van der Waals surface area contributed by atoms with Gasteiger partial charge in [-0.3, -0.25) is 4.79 Å². The van der Waals surface area contributed by atoms with Crippen molar-refractivity contribution in [1.82, 2.24) is 0 Å². The number of rotatable bonds is 3. The van der Waals surface area contributed by atoms with Crippen LogP contribution < -0.4 is 0 Å². The second kappa shape index (κ2) is 3.35. The predicted octanol–water partition coefficient (Wildman–Crippen LogP) is -0.482. The molecule has 0 aliphatic heterocycles. The van der Waals surface area contributed by atoms with Crippen LogP contribution in [-0.2, 0) is 14.3 Å². The fourth-order valence-corrected chi connectivity index (χ4v) is 1.27. The maximum Gasteiger partial charge on any atom is 0.192 e. The Morgan fingerprint density at radius 3 is 2.83 bits per heavy atom. The van der Waals surface area contributed by atoms with Gasteiger partial charge < -0.3 is 14.6 Å². The molecule has 0 radical (unpaired) electrons. The van der Waals surface area contributed by atoms with Crippen molar-refractivity contribution in [2.75, 3.05) is 20.8 Å². The fourth-order valence-electron chi connectivity index (χ4n) is 1.27. The van der Waals surface area contributed by atoms with E-state index in [0.29, 0.717) is 0 Å². The molecule has 1 aliphatic rings. The molecule has 0 saturated heterocycles. The molecule has 1 rings (SSSR count). The lowest BCUT2D eigenvalue weighted by Crippen LogP contribution is -2.49. The molecule has 0 fully saturated rings. The molecule has 0 aromatic rings. The third-order valence-corrected chi connectivity index (χ3v) is 1.94. The number of hydrogen-bond acceptors (Lipinski definition) is 4. The number of ketones is 1. The van der Waals surface area contributed by atoms with Crippen LogP contribution in [0.5, 0.6) is 0 Å². The number of carbonyl (C=O) groups is 1. The van der Waals surface area contributed by atoms with E-state index in [1.165, 1.54) is 26.4 Å². The zero-order chi connectivity index (χ0) is 9.19. The Labute approximate surface area is 70.8 Å². The molecule has 0 amide bonds. The monoisotopic (exact) mass is 172 g/mol. The Balaban J connectivity index is 2.78. The molecule has 68 valence electrons.